The number of rotatable bonds is 4. The van der Waals surface area contributed by atoms with Crippen LogP contribution >= 0.6 is 11.6 Å². The Balaban J connectivity index is 1.74. The molecule has 2 heterocycles. The van der Waals surface area contributed by atoms with Crippen LogP contribution in [-0.4, -0.2) is 49.9 Å². The minimum absolute atomic E-state index is 0.00302. The fourth-order valence-corrected chi connectivity index (χ4v) is 5.06. The van der Waals surface area contributed by atoms with Crippen LogP contribution in [0.25, 0.3) is 10.9 Å². The van der Waals surface area contributed by atoms with Crippen LogP contribution in [-0.2, 0) is 14.8 Å². The van der Waals surface area contributed by atoms with E-state index >= 15 is 0 Å². The highest BCUT2D eigenvalue weighted by Gasteiger charge is 2.27. The van der Waals surface area contributed by atoms with E-state index in [9.17, 15) is 18.0 Å². The number of carbonyl (C=O) groups excluding carboxylic acids is 1. The predicted molar refractivity (Wildman–Crippen MR) is 118 cm³/mol. The first-order chi connectivity index (χ1) is 15.3. The van der Waals surface area contributed by atoms with E-state index in [1.54, 1.807) is 0 Å². The minimum Gasteiger partial charge on any atom is -0.379 e. The largest absolute Gasteiger partial charge is 0.379 e. The third-order valence-corrected chi connectivity index (χ3v) is 7.22. The monoisotopic (exact) mass is 472 g/mol. The molecular formula is C21H17ClN4O5S. The summed E-state index contributed by atoms with van der Waals surface area (Å²) in [7, 11) is -3.80. The number of nitriles is 1. The third kappa shape index (κ3) is 4.24. The number of pyridine rings is 1. The quantitative estimate of drug-likeness (QED) is 0.598. The molecule has 2 aromatic carbocycles. The lowest BCUT2D eigenvalue weighted by molar-refractivity contribution is 0.0730. The molecule has 4 rings (SSSR count). The molecule has 164 valence electrons. The average molecular weight is 473 g/mol. The van der Waals surface area contributed by atoms with Gasteiger partial charge in [-0.15, -0.1) is 0 Å². The molecule has 1 fully saturated rings. The first-order valence-corrected chi connectivity index (χ1v) is 11.4. The number of nitrogens with one attached hydrogen (secondary N) is 2. The molecule has 0 atom stereocenters. The highest BCUT2D eigenvalue weighted by molar-refractivity contribution is 7.89. The van der Waals surface area contributed by atoms with E-state index in [1.807, 2.05) is 6.07 Å². The van der Waals surface area contributed by atoms with Crippen molar-refractivity contribution < 1.29 is 17.9 Å². The van der Waals surface area contributed by atoms with Crippen molar-refractivity contribution in [3.8, 4) is 6.07 Å². The van der Waals surface area contributed by atoms with Crippen LogP contribution in [0.15, 0.2) is 52.2 Å². The van der Waals surface area contributed by atoms with E-state index < -0.39 is 21.5 Å². The Morgan fingerprint density at radius 3 is 2.59 bits per heavy atom. The van der Waals surface area contributed by atoms with Crippen LogP contribution < -0.4 is 10.9 Å². The smallest absolute Gasteiger partial charge is 0.256 e. The van der Waals surface area contributed by atoms with E-state index in [-0.39, 0.29) is 39.5 Å². The van der Waals surface area contributed by atoms with Crippen molar-refractivity contribution in [2.45, 2.75) is 4.90 Å². The molecule has 0 spiro atoms. The van der Waals surface area contributed by atoms with Crippen LogP contribution in [0, 0.1) is 11.3 Å². The SMILES string of the molecule is N#Cc1ccc(NC(=O)c2cc(=O)[nH]c3ccc(S(=O)(=O)N4CCOCC4)cc23)cc1Cl. The maximum atomic E-state index is 13.0. The van der Waals surface area contributed by atoms with Gasteiger partial charge in [0, 0.05) is 35.7 Å². The average Bonchev–Trinajstić information content (AvgIpc) is 2.79. The van der Waals surface area contributed by atoms with Gasteiger partial charge in [0.1, 0.15) is 6.07 Å². The lowest BCUT2D eigenvalue weighted by Gasteiger charge is -2.26. The Labute approximate surface area is 188 Å². The number of anilines is 1. The summed E-state index contributed by atoms with van der Waals surface area (Å²) < 4.78 is 32.6. The minimum atomic E-state index is -3.80. The van der Waals surface area contributed by atoms with Crippen molar-refractivity contribution in [1.29, 1.82) is 5.26 Å². The summed E-state index contributed by atoms with van der Waals surface area (Å²) in [4.78, 5) is 27.7. The van der Waals surface area contributed by atoms with E-state index in [0.717, 1.165) is 6.07 Å². The number of nitrogens with zero attached hydrogens (tertiary/aromatic N) is 2. The summed E-state index contributed by atoms with van der Waals surface area (Å²) in [6.45, 7) is 1.08. The highest BCUT2D eigenvalue weighted by Crippen LogP contribution is 2.25. The molecule has 32 heavy (non-hydrogen) atoms. The van der Waals surface area contributed by atoms with Crippen LogP contribution in [0.4, 0.5) is 5.69 Å². The normalized spacial score (nSPS) is 14.8. The Kier molecular flexibility index (Phi) is 5.99. The van der Waals surface area contributed by atoms with Gasteiger partial charge in [0.05, 0.1) is 34.3 Å². The first-order valence-electron chi connectivity index (χ1n) is 9.55. The van der Waals surface area contributed by atoms with Gasteiger partial charge in [-0.25, -0.2) is 8.42 Å². The molecule has 11 heteroatoms. The molecule has 1 aliphatic rings. The predicted octanol–water partition coefficient (Wildman–Crippen LogP) is 2.33. The van der Waals surface area contributed by atoms with Gasteiger partial charge in [0.25, 0.3) is 5.91 Å². The fourth-order valence-electron chi connectivity index (χ4n) is 3.40. The van der Waals surface area contributed by atoms with E-state index in [4.69, 9.17) is 21.6 Å². The molecule has 3 aromatic rings. The summed E-state index contributed by atoms with van der Waals surface area (Å²) in [6, 6.07) is 11.6. The zero-order valence-corrected chi connectivity index (χ0v) is 18.2. The van der Waals surface area contributed by atoms with E-state index in [2.05, 4.69) is 10.3 Å². The number of hydrogen-bond donors (Lipinski definition) is 2. The molecular weight excluding hydrogens is 456 g/mol. The number of aromatic amines is 1. The van der Waals surface area contributed by atoms with E-state index in [1.165, 1.54) is 40.7 Å². The second kappa shape index (κ2) is 8.72. The summed E-state index contributed by atoms with van der Waals surface area (Å²) in [5, 5.41) is 12.1. The van der Waals surface area contributed by atoms with Gasteiger partial charge in [-0.3, -0.25) is 9.59 Å². The number of fused-ring (bicyclic) bond motifs is 1. The number of halogens is 1. The zero-order chi connectivity index (χ0) is 22.9. The number of sulfonamides is 1. The standard InChI is InChI=1S/C21H17ClN4O5S/c22-18-9-14(2-1-13(18)12-23)24-21(28)17-11-20(27)25-19-4-3-15(10-16(17)19)32(29,30)26-5-7-31-8-6-26/h1-4,9-11H,5-8H2,(H,24,28)(H,25,27). The molecule has 1 aromatic heterocycles. The van der Waals surface area contributed by atoms with Crippen molar-refractivity contribution in [3.05, 3.63) is 69.0 Å². The highest BCUT2D eigenvalue weighted by atomic mass is 35.5. The number of aromatic nitrogens is 1. The number of ether oxygens (including phenoxy) is 1. The fraction of sp³-hybridized carbons (Fsp3) is 0.190. The van der Waals surface area contributed by atoms with Crippen LogP contribution in [0.1, 0.15) is 15.9 Å². The van der Waals surface area contributed by atoms with Gasteiger partial charge in [-0.1, -0.05) is 11.6 Å². The number of carbonyl (C=O) groups is 1. The molecule has 1 aliphatic heterocycles. The van der Waals surface area contributed by atoms with Gasteiger partial charge in [0.2, 0.25) is 15.6 Å². The van der Waals surface area contributed by atoms with Gasteiger partial charge in [0.15, 0.2) is 0 Å². The zero-order valence-electron chi connectivity index (χ0n) is 16.6. The summed E-state index contributed by atoms with van der Waals surface area (Å²) in [5.41, 5.74) is 0.391. The Morgan fingerprint density at radius 1 is 1.16 bits per heavy atom. The maximum Gasteiger partial charge on any atom is 0.256 e. The van der Waals surface area contributed by atoms with E-state index in [0.29, 0.717) is 24.4 Å². The Hall–Kier alpha value is -3.23. The second-order valence-corrected chi connectivity index (χ2v) is 9.38. The van der Waals surface area contributed by atoms with Crippen molar-refractivity contribution in [3.63, 3.8) is 0 Å². The molecule has 2 N–H and O–H groups in total. The molecule has 0 radical (unpaired) electrons. The summed E-state index contributed by atoms with van der Waals surface area (Å²) in [5.74, 6) is -0.622. The van der Waals surface area contributed by atoms with Gasteiger partial charge >= 0.3 is 0 Å². The van der Waals surface area contributed by atoms with Gasteiger partial charge in [-0.05, 0) is 36.4 Å². The summed E-state index contributed by atoms with van der Waals surface area (Å²) >= 11 is 6.01. The van der Waals surface area contributed by atoms with Crippen LogP contribution in [0.3, 0.4) is 0 Å². The first kappa shape index (κ1) is 22.0. The number of hydrogen-bond acceptors (Lipinski definition) is 6. The molecule has 0 saturated carbocycles. The Morgan fingerprint density at radius 2 is 1.91 bits per heavy atom. The van der Waals surface area contributed by atoms with Crippen molar-refractivity contribution in [1.82, 2.24) is 9.29 Å². The Bertz CT molecular complexity index is 1420. The summed E-state index contributed by atoms with van der Waals surface area (Å²) in [6.07, 6.45) is 0. The lowest BCUT2D eigenvalue weighted by atomic mass is 10.1. The topological polar surface area (TPSA) is 132 Å². The number of H-pyrrole nitrogens is 1. The van der Waals surface area contributed by atoms with Crippen LogP contribution in [0.2, 0.25) is 5.02 Å². The molecule has 9 nitrogen and oxygen atoms in total. The van der Waals surface area contributed by atoms with Crippen LogP contribution in [0.5, 0.6) is 0 Å². The third-order valence-electron chi connectivity index (χ3n) is 5.01. The van der Waals surface area contributed by atoms with Crippen molar-refractivity contribution in [2.75, 3.05) is 31.6 Å². The maximum absolute atomic E-state index is 13.0. The molecule has 1 amide bonds. The van der Waals surface area contributed by atoms with Crippen molar-refractivity contribution in [2.24, 2.45) is 0 Å². The van der Waals surface area contributed by atoms with Gasteiger partial charge in [-0.2, -0.15) is 9.57 Å². The van der Waals surface area contributed by atoms with Gasteiger partial charge < -0.3 is 15.0 Å². The molecule has 0 bridgehead atoms. The number of amides is 1. The number of benzene rings is 2. The lowest BCUT2D eigenvalue weighted by Crippen LogP contribution is -2.40. The van der Waals surface area contributed by atoms with Crippen molar-refractivity contribution >= 4 is 44.1 Å². The molecule has 0 unspecified atom stereocenters. The second-order valence-electron chi connectivity index (χ2n) is 7.03. The number of morpholine rings is 1. The molecule has 0 aliphatic carbocycles. The molecule has 1 saturated heterocycles.